The summed E-state index contributed by atoms with van der Waals surface area (Å²) in [4.78, 5) is 16.9. The number of fused-ring (bicyclic) bond motifs is 1. The number of amides is 1. The van der Waals surface area contributed by atoms with Crippen LogP contribution in [0.3, 0.4) is 0 Å². The SMILES string of the molecule is CCC(C)NC(=O)c1ccc(-c2cnc3c(NCCCC(F)(F)F)cc(Br)nn23)cc1C. The van der Waals surface area contributed by atoms with Crippen LogP contribution in [0.5, 0.6) is 0 Å². The van der Waals surface area contributed by atoms with Crippen LogP contribution in [0.1, 0.15) is 49.0 Å². The summed E-state index contributed by atoms with van der Waals surface area (Å²) in [6.45, 7) is 6.00. The maximum absolute atomic E-state index is 12.5. The molecule has 0 fully saturated rings. The maximum Gasteiger partial charge on any atom is 0.389 e. The summed E-state index contributed by atoms with van der Waals surface area (Å²) < 4.78 is 39.3. The summed E-state index contributed by atoms with van der Waals surface area (Å²) in [5, 5.41) is 10.4. The van der Waals surface area contributed by atoms with E-state index >= 15 is 0 Å². The fourth-order valence-electron chi connectivity index (χ4n) is 3.26. The molecular formula is C22H25BrF3N5O. The van der Waals surface area contributed by atoms with Gasteiger partial charge < -0.3 is 10.6 Å². The van der Waals surface area contributed by atoms with Gasteiger partial charge in [-0.3, -0.25) is 4.79 Å². The van der Waals surface area contributed by atoms with Crippen LogP contribution in [0.25, 0.3) is 16.9 Å². The number of benzene rings is 1. The molecule has 172 valence electrons. The molecule has 1 atom stereocenters. The van der Waals surface area contributed by atoms with Gasteiger partial charge in [0.1, 0.15) is 4.60 Å². The van der Waals surface area contributed by atoms with Gasteiger partial charge in [0, 0.05) is 30.1 Å². The molecule has 0 aliphatic rings. The van der Waals surface area contributed by atoms with Gasteiger partial charge in [-0.25, -0.2) is 9.50 Å². The molecule has 32 heavy (non-hydrogen) atoms. The van der Waals surface area contributed by atoms with Gasteiger partial charge in [-0.2, -0.15) is 18.3 Å². The Balaban J connectivity index is 1.86. The van der Waals surface area contributed by atoms with Crippen LogP contribution in [-0.4, -0.2) is 39.3 Å². The van der Waals surface area contributed by atoms with Crippen LogP contribution < -0.4 is 10.6 Å². The van der Waals surface area contributed by atoms with Crippen molar-refractivity contribution in [1.82, 2.24) is 19.9 Å². The highest BCUT2D eigenvalue weighted by molar-refractivity contribution is 9.10. The summed E-state index contributed by atoms with van der Waals surface area (Å²) in [6.07, 6.45) is -2.56. The van der Waals surface area contributed by atoms with E-state index in [0.29, 0.717) is 27.2 Å². The molecule has 6 nitrogen and oxygen atoms in total. The van der Waals surface area contributed by atoms with Crippen LogP contribution in [0.4, 0.5) is 18.9 Å². The molecule has 0 bridgehead atoms. The Morgan fingerprint density at radius 1 is 1.28 bits per heavy atom. The maximum atomic E-state index is 12.5. The smallest absolute Gasteiger partial charge is 0.382 e. The lowest BCUT2D eigenvalue weighted by Crippen LogP contribution is -2.32. The third-order valence-electron chi connectivity index (χ3n) is 5.15. The first-order valence-electron chi connectivity index (χ1n) is 10.4. The van der Waals surface area contributed by atoms with E-state index in [4.69, 9.17) is 0 Å². The van der Waals surface area contributed by atoms with Crippen molar-refractivity contribution in [2.75, 3.05) is 11.9 Å². The predicted molar refractivity (Wildman–Crippen MR) is 122 cm³/mol. The molecule has 0 saturated carbocycles. The predicted octanol–water partition coefficient (Wildman–Crippen LogP) is 5.75. The molecule has 2 N–H and O–H groups in total. The summed E-state index contributed by atoms with van der Waals surface area (Å²) in [6, 6.07) is 7.28. The van der Waals surface area contributed by atoms with E-state index in [0.717, 1.165) is 17.5 Å². The van der Waals surface area contributed by atoms with Crippen molar-refractivity contribution >= 4 is 33.2 Å². The molecule has 3 aromatic rings. The number of hydrogen-bond donors (Lipinski definition) is 2. The zero-order valence-corrected chi connectivity index (χ0v) is 19.6. The van der Waals surface area contributed by atoms with Gasteiger partial charge in [-0.15, -0.1) is 0 Å². The number of hydrogen-bond acceptors (Lipinski definition) is 4. The van der Waals surface area contributed by atoms with Crippen LogP contribution in [0.15, 0.2) is 35.1 Å². The Labute approximate surface area is 192 Å². The first-order valence-corrected chi connectivity index (χ1v) is 11.1. The van der Waals surface area contributed by atoms with E-state index in [1.54, 1.807) is 22.8 Å². The van der Waals surface area contributed by atoms with Crippen LogP contribution in [-0.2, 0) is 0 Å². The van der Waals surface area contributed by atoms with Crippen molar-refractivity contribution in [2.45, 2.75) is 52.3 Å². The summed E-state index contributed by atoms with van der Waals surface area (Å²) in [5.41, 5.74) is 4.04. The summed E-state index contributed by atoms with van der Waals surface area (Å²) in [5.74, 6) is -0.118. The first kappa shape index (κ1) is 24.0. The van der Waals surface area contributed by atoms with Gasteiger partial charge in [-0.05, 0) is 66.4 Å². The van der Waals surface area contributed by atoms with E-state index in [-0.39, 0.29) is 24.9 Å². The summed E-state index contributed by atoms with van der Waals surface area (Å²) >= 11 is 3.36. The third kappa shape index (κ3) is 5.79. The number of carbonyl (C=O) groups is 1. The number of nitrogens with zero attached hydrogens (tertiary/aromatic N) is 3. The second-order valence-corrected chi connectivity index (χ2v) is 8.53. The highest BCUT2D eigenvalue weighted by Gasteiger charge is 2.26. The average molecular weight is 512 g/mol. The fourth-order valence-corrected chi connectivity index (χ4v) is 3.65. The fraction of sp³-hybridized carbons (Fsp3) is 0.409. The molecule has 2 heterocycles. The Hall–Kier alpha value is -2.62. The minimum absolute atomic E-state index is 0.0391. The van der Waals surface area contributed by atoms with E-state index in [1.807, 2.05) is 32.9 Å². The molecule has 1 unspecified atom stereocenters. The van der Waals surface area contributed by atoms with Gasteiger partial charge >= 0.3 is 6.18 Å². The normalized spacial score (nSPS) is 12.7. The van der Waals surface area contributed by atoms with Crippen LogP contribution >= 0.6 is 15.9 Å². The molecule has 2 aromatic heterocycles. The topological polar surface area (TPSA) is 71.3 Å². The van der Waals surface area contributed by atoms with Crippen molar-refractivity contribution in [2.24, 2.45) is 0 Å². The van der Waals surface area contributed by atoms with E-state index < -0.39 is 12.6 Å². The van der Waals surface area contributed by atoms with E-state index in [1.165, 1.54) is 0 Å². The number of halogens is 4. The van der Waals surface area contributed by atoms with Crippen molar-refractivity contribution in [3.05, 3.63) is 46.2 Å². The molecule has 0 radical (unpaired) electrons. The molecule has 1 aromatic carbocycles. The Kier molecular flexibility index (Phi) is 7.43. The second-order valence-electron chi connectivity index (χ2n) is 7.72. The highest BCUT2D eigenvalue weighted by atomic mass is 79.9. The number of nitrogens with one attached hydrogen (secondary N) is 2. The number of aromatic nitrogens is 3. The van der Waals surface area contributed by atoms with Gasteiger partial charge in [0.2, 0.25) is 0 Å². The lowest BCUT2D eigenvalue weighted by molar-refractivity contribution is -0.134. The Bertz CT molecular complexity index is 1110. The van der Waals surface area contributed by atoms with Gasteiger partial charge in [0.05, 0.1) is 17.6 Å². The van der Waals surface area contributed by atoms with Gasteiger partial charge in [0.15, 0.2) is 5.65 Å². The van der Waals surface area contributed by atoms with E-state index in [9.17, 15) is 18.0 Å². The van der Waals surface area contributed by atoms with Crippen molar-refractivity contribution < 1.29 is 18.0 Å². The highest BCUT2D eigenvalue weighted by Crippen LogP contribution is 2.28. The molecule has 3 rings (SSSR count). The largest absolute Gasteiger partial charge is 0.389 e. The lowest BCUT2D eigenvalue weighted by atomic mass is 10.0. The van der Waals surface area contributed by atoms with Crippen LogP contribution in [0, 0.1) is 6.92 Å². The summed E-state index contributed by atoms with van der Waals surface area (Å²) in [7, 11) is 0. The molecule has 10 heteroatoms. The number of anilines is 1. The average Bonchev–Trinajstić information content (AvgIpc) is 3.13. The van der Waals surface area contributed by atoms with Gasteiger partial charge in [0.25, 0.3) is 5.91 Å². The van der Waals surface area contributed by atoms with E-state index in [2.05, 4.69) is 36.6 Å². The second kappa shape index (κ2) is 9.89. The number of alkyl halides is 3. The minimum Gasteiger partial charge on any atom is -0.382 e. The zero-order valence-electron chi connectivity index (χ0n) is 18.1. The first-order chi connectivity index (χ1) is 15.1. The van der Waals surface area contributed by atoms with Crippen LogP contribution in [0.2, 0.25) is 0 Å². The van der Waals surface area contributed by atoms with Gasteiger partial charge in [-0.1, -0.05) is 13.0 Å². The lowest BCUT2D eigenvalue weighted by Gasteiger charge is -2.14. The molecule has 0 aliphatic carbocycles. The molecule has 0 aliphatic heterocycles. The number of imidazole rings is 1. The van der Waals surface area contributed by atoms with Crippen molar-refractivity contribution in [1.29, 1.82) is 0 Å². The third-order valence-corrected chi connectivity index (χ3v) is 5.53. The van der Waals surface area contributed by atoms with Crippen molar-refractivity contribution in [3.8, 4) is 11.3 Å². The standard InChI is InChI=1S/C22H25BrF3N5O/c1-4-14(3)29-21(32)16-7-6-15(10-13(16)2)18-12-28-20-17(11-19(23)30-31(18)20)27-9-5-8-22(24,25)26/h6-7,10-12,14,27H,4-5,8-9H2,1-3H3,(H,29,32). The molecular weight excluding hydrogens is 487 g/mol. The Morgan fingerprint density at radius 3 is 2.69 bits per heavy atom. The monoisotopic (exact) mass is 511 g/mol. The zero-order chi connectivity index (χ0) is 23.5. The number of rotatable bonds is 8. The number of aryl methyl sites for hydroxylation is 1. The minimum atomic E-state index is -4.17. The molecule has 0 saturated heterocycles. The molecule has 0 spiro atoms. The molecule has 1 amide bonds. The Morgan fingerprint density at radius 2 is 2.03 bits per heavy atom. The number of carbonyl (C=O) groups excluding carboxylic acids is 1. The quantitative estimate of drug-likeness (QED) is 0.377. The van der Waals surface area contributed by atoms with Crippen molar-refractivity contribution in [3.63, 3.8) is 0 Å².